The average molecular weight is 665 g/mol. The number of thiol groups is 3. The molecule has 0 bridgehead atoms. The fraction of sp³-hybridized carbons (Fsp3) is 0.854. The van der Waals surface area contributed by atoms with Crippen LogP contribution >= 0.6 is 37.9 Å². The molecule has 0 atom stereocenters. The Kier molecular flexibility index (Phi) is 17.4. The Bertz CT molecular complexity index is 896. The molecule has 0 unspecified atom stereocenters. The van der Waals surface area contributed by atoms with Gasteiger partial charge in [0.2, 0.25) is 0 Å². The van der Waals surface area contributed by atoms with Crippen molar-refractivity contribution in [2.24, 2.45) is 16.2 Å². The van der Waals surface area contributed by atoms with Gasteiger partial charge in [0.05, 0.1) is 0 Å². The summed E-state index contributed by atoms with van der Waals surface area (Å²) in [5.41, 5.74) is 6.00. The van der Waals surface area contributed by atoms with Gasteiger partial charge in [-0.1, -0.05) is 127 Å². The maximum Gasteiger partial charge on any atom is -0.00979 e. The summed E-state index contributed by atoms with van der Waals surface area (Å²) >= 11 is 13.4. The molecule has 44 heavy (non-hydrogen) atoms. The van der Waals surface area contributed by atoms with Crippen molar-refractivity contribution in [3.63, 3.8) is 0 Å². The minimum absolute atomic E-state index is 0.110. The Labute approximate surface area is 294 Å². The van der Waals surface area contributed by atoms with E-state index in [2.05, 4.69) is 139 Å². The van der Waals surface area contributed by atoms with E-state index in [4.69, 9.17) is 0 Å². The molecule has 0 saturated carbocycles. The van der Waals surface area contributed by atoms with Crippen molar-refractivity contribution in [3.05, 3.63) is 34.9 Å². The molecule has 0 aliphatic heterocycles. The molecular weight excluding hydrogens is 589 g/mol. The van der Waals surface area contributed by atoms with E-state index in [1.807, 2.05) is 0 Å². The van der Waals surface area contributed by atoms with Crippen LogP contribution in [0.4, 0.5) is 0 Å². The Morgan fingerprint density at radius 2 is 0.659 bits per heavy atom. The molecule has 0 aromatic heterocycles. The third-order valence-corrected chi connectivity index (χ3v) is 11.5. The predicted octanol–water partition coefficient (Wildman–Crippen LogP) is 13.8. The number of benzene rings is 1. The third-order valence-electron chi connectivity index (χ3n) is 10.6. The number of unbranched alkanes of at least 4 members (excludes halogenated alkanes) is 3. The van der Waals surface area contributed by atoms with Crippen LogP contribution in [0, 0.1) is 16.2 Å². The molecule has 0 spiro atoms. The molecule has 1 rings (SSSR count). The quantitative estimate of drug-likeness (QED) is 0.0752. The first-order valence-corrected chi connectivity index (χ1v) is 20.0. The summed E-state index contributed by atoms with van der Waals surface area (Å²) in [7, 11) is 0. The first-order valence-electron chi connectivity index (χ1n) is 18.1. The van der Waals surface area contributed by atoms with E-state index in [0.717, 1.165) is 17.3 Å². The van der Waals surface area contributed by atoms with Gasteiger partial charge in [0.15, 0.2) is 0 Å². The Morgan fingerprint density at radius 1 is 0.364 bits per heavy atom. The Morgan fingerprint density at radius 3 is 1.00 bits per heavy atom. The van der Waals surface area contributed by atoms with Gasteiger partial charge in [0.1, 0.15) is 0 Å². The lowest BCUT2D eigenvalue weighted by molar-refractivity contribution is 0.229. The minimum Gasteiger partial charge on any atom is -0.179 e. The van der Waals surface area contributed by atoms with E-state index < -0.39 is 0 Å². The van der Waals surface area contributed by atoms with Gasteiger partial charge in [-0.25, -0.2) is 0 Å². The van der Waals surface area contributed by atoms with Gasteiger partial charge in [-0.15, -0.1) is 0 Å². The van der Waals surface area contributed by atoms with Crippen LogP contribution in [0.3, 0.4) is 0 Å². The molecular formula is C41H76S3. The predicted molar refractivity (Wildman–Crippen MR) is 213 cm³/mol. The molecule has 0 N–H and O–H groups in total. The van der Waals surface area contributed by atoms with E-state index in [1.54, 1.807) is 5.56 Å². The van der Waals surface area contributed by atoms with Crippen molar-refractivity contribution in [2.75, 3.05) is 17.3 Å². The highest BCUT2D eigenvalue weighted by atomic mass is 32.1. The summed E-state index contributed by atoms with van der Waals surface area (Å²) in [4.78, 5) is 0. The lowest BCUT2D eigenvalue weighted by Gasteiger charge is -2.40. The van der Waals surface area contributed by atoms with Crippen molar-refractivity contribution < 1.29 is 0 Å². The lowest BCUT2D eigenvalue weighted by atomic mass is 9.65. The molecule has 3 heteroatoms. The van der Waals surface area contributed by atoms with Gasteiger partial charge >= 0.3 is 0 Å². The van der Waals surface area contributed by atoms with Crippen molar-refractivity contribution in [1.82, 2.24) is 0 Å². The van der Waals surface area contributed by atoms with Crippen molar-refractivity contribution >= 4 is 37.9 Å². The molecule has 0 radical (unpaired) electrons. The standard InChI is InChI=1S/C41H76S3/c1-36(2,20-13-16-25-42)23-19-24-39(7,8)33-28-34(40(9,10)31-37(3,4)21-14-17-26-43)30-35(29-33)41(11,12)32-38(5,6)22-15-18-27-44/h28-30,42-44H,13-27,31-32H2,1-12H3. The summed E-state index contributed by atoms with van der Waals surface area (Å²) in [5.74, 6) is 2.99. The van der Waals surface area contributed by atoms with E-state index >= 15 is 0 Å². The van der Waals surface area contributed by atoms with Crippen molar-refractivity contribution in [3.8, 4) is 0 Å². The first kappa shape index (κ1) is 42.3. The second kappa shape index (κ2) is 18.1. The zero-order valence-corrected chi connectivity index (χ0v) is 34.3. The number of hydrogen-bond acceptors (Lipinski definition) is 3. The van der Waals surface area contributed by atoms with Gasteiger partial charge in [0.25, 0.3) is 0 Å². The van der Waals surface area contributed by atoms with Crippen LogP contribution in [-0.2, 0) is 16.2 Å². The van der Waals surface area contributed by atoms with Gasteiger partial charge in [-0.3, -0.25) is 0 Å². The Hall–Kier alpha value is 0.270. The van der Waals surface area contributed by atoms with Crippen molar-refractivity contribution in [2.45, 2.75) is 189 Å². The molecule has 0 aliphatic rings. The fourth-order valence-corrected chi connectivity index (χ4v) is 8.67. The molecule has 0 heterocycles. The summed E-state index contributed by atoms with van der Waals surface area (Å²) in [6, 6.07) is 7.83. The maximum absolute atomic E-state index is 4.48. The molecule has 0 amide bonds. The first-order chi connectivity index (χ1) is 20.1. The summed E-state index contributed by atoms with van der Waals surface area (Å²) in [5, 5.41) is 0. The SMILES string of the molecule is CC(C)(CCCCS)CCCC(C)(C)c1cc(C(C)(C)CC(C)(C)CCCCS)cc(C(C)(C)CC(C)(C)CCCCS)c1. The van der Waals surface area contributed by atoms with Gasteiger partial charge < -0.3 is 0 Å². The Balaban J connectivity index is 3.44. The normalized spacial score (nSPS) is 14.0. The third kappa shape index (κ3) is 15.4. The number of hydrogen-bond donors (Lipinski definition) is 3. The van der Waals surface area contributed by atoms with Gasteiger partial charge in [-0.05, 0) is 131 Å². The van der Waals surface area contributed by atoms with E-state index in [0.29, 0.717) is 16.2 Å². The van der Waals surface area contributed by atoms with Crippen LogP contribution in [0.25, 0.3) is 0 Å². The van der Waals surface area contributed by atoms with E-state index in [1.165, 1.54) is 101 Å². The average Bonchev–Trinajstić information content (AvgIpc) is 2.87. The zero-order chi connectivity index (χ0) is 33.9. The van der Waals surface area contributed by atoms with Gasteiger partial charge in [-0.2, -0.15) is 37.9 Å². The maximum atomic E-state index is 4.48. The summed E-state index contributed by atoms with van der Waals surface area (Å²) in [6.45, 7) is 29.9. The van der Waals surface area contributed by atoms with Crippen LogP contribution in [0.2, 0.25) is 0 Å². The highest BCUT2D eigenvalue weighted by Gasteiger charge is 2.35. The zero-order valence-electron chi connectivity index (χ0n) is 31.6. The molecule has 1 aromatic carbocycles. The molecule has 0 saturated heterocycles. The molecule has 0 aliphatic carbocycles. The molecule has 1 aromatic rings. The smallest absolute Gasteiger partial charge is 0.00979 e. The van der Waals surface area contributed by atoms with Crippen LogP contribution in [-0.4, -0.2) is 17.3 Å². The minimum atomic E-state index is 0.110. The highest BCUT2D eigenvalue weighted by molar-refractivity contribution is 7.80. The fourth-order valence-electron chi connectivity index (χ4n) is 8.00. The second-order valence-corrected chi connectivity index (χ2v) is 20.0. The molecule has 0 nitrogen and oxygen atoms in total. The molecule has 0 fully saturated rings. The topological polar surface area (TPSA) is 0 Å². The van der Waals surface area contributed by atoms with E-state index in [-0.39, 0.29) is 16.2 Å². The van der Waals surface area contributed by atoms with E-state index in [9.17, 15) is 0 Å². The van der Waals surface area contributed by atoms with Crippen LogP contribution in [0.15, 0.2) is 18.2 Å². The number of rotatable bonds is 23. The summed E-state index contributed by atoms with van der Waals surface area (Å²) in [6.07, 6.45) is 17.6. The van der Waals surface area contributed by atoms with Crippen LogP contribution in [0.1, 0.15) is 190 Å². The largest absolute Gasteiger partial charge is 0.179 e. The van der Waals surface area contributed by atoms with Crippen LogP contribution < -0.4 is 0 Å². The highest BCUT2D eigenvalue weighted by Crippen LogP contribution is 2.46. The van der Waals surface area contributed by atoms with Crippen molar-refractivity contribution in [1.29, 1.82) is 0 Å². The lowest BCUT2D eigenvalue weighted by Crippen LogP contribution is -2.31. The molecule has 258 valence electrons. The monoisotopic (exact) mass is 665 g/mol. The second-order valence-electron chi connectivity index (χ2n) is 18.7. The van der Waals surface area contributed by atoms with Gasteiger partial charge in [0, 0.05) is 0 Å². The van der Waals surface area contributed by atoms with Crippen LogP contribution in [0.5, 0.6) is 0 Å². The summed E-state index contributed by atoms with van der Waals surface area (Å²) < 4.78 is 0.